The normalized spacial score (nSPS) is 36.6. The Morgan fingerprint density at radius 3 is 2.90 bits per heavy atom. The summed E-state index contributed by atoms with van der Waals surface area (Å²) < 4.78 is 12.0. The molecule has 4 rings (SSSR count). The fourth-order valence-electron chi connectivity index (χ4n) is 4.93. The van der Waals surface area contributed by atoms with Gasteiger partial charge in [0.2, 0.25) is 0 Å². The first-order chi connectivity index (χ1) is 10.2. The maximum Gasteiger partial charge on any atom is 0.128 e. The van der Waals surface area contributed by atoms with Crippen LogP contribution in [0, 0.1) is 11.8 Å². The van der Waals surface area contributed by atoms with Gasteiger partial charge < -0.3 is 14.8 Å². The van der Waals surface area contributed by atoms with Crippen LogP contribution in [0.5, 0.6) is 11.5 Å². The summed E-state index contributed by atoms with van der Waals surface area (Å²) in [4.78, 5) is 0. The molecule has 1 N–H and O–H groups in total. The largest absolute Gasteiger partial charge is 0.497 e. The highest BCUT2D eigenvalue weighted by molar-refractivity contribution is 5.45. The van der Waals surface area contributed by atoms with Crippen LogP contribution in [0.4, 0.5) is 0 Å². The summed E-state index contributed by atoms with van der Waals surface area (Å²) in [7, 11) is 1.72. The molecule has 1 aromatic rings. The van der Waals surface area contributed by atoms with Gasteiger partial charge in [-0.25, -0.2) is 0 Å². The number of rotatable bonds is 3. The van der Waals surface area contributed by atoms with Gasteiger partial charge in [-0.15, -0.1) is 0 Å². The van der Waals surface area contributed by atoms with Crippen molar-refractivity contribution in [3.63, 3.8) is 0 Å². The van der Waals surface area contributed by atoms with Crippen molar-refractivity contribution < 1.29 is 9.47 Å². The van der Waals surface area contributed by atoms with Crippen molar-refractivity contribution in [2.45, 2.75) is 50.7 Å². The smallest absolute Gasteiger partial charge is 0.128 e. The fourth-order valence-corrected chi connectivity index (χ4v) is 4.93. The van der Waals surface area contributed by atoms with E-state index in [4.69, 9.17) is 9.47 Å². The van der Waals surface area contributed by atoms with Crippen LogP contribution in [0.15, 0.2) is 18.2 Å². The third kappa shape index (κ3) is 2.05. The van der Waals surface area contributed by atoms with Crippen molar-refractivity contribution in [1.29, 1.82) is 0 Å². The molecular weight excluding hydrogens is 262 g/mol. The van der Waals surface area contributed by atoms with E-state index in [0.29, 0.717) is 6.04 Å². The molecule has 0 radical (unpaired) electrons. The molecule has 4 unspecified atom stereocenters. The van der Waals surface area contributed by atoms with Crippen molar-refractivity contribution in [3.8, 4) is 11.5 Å². The molecule has 1 aliphatic heterocycles. The Morgan fingerprint density at radius 1 is 1.33 bits per heavy atom. The van der Waals surface area contributed by atoms with Gasteiger partial charge in [0, 0.05) is 24.1 Å². The number of fused-ring (bicyclic) bond motifs is 4. The highest BCUT2D eigenvalue weighted by atomic mass is 16.5. The van der Waals surface area contributed by atoms with E-state index in [1.54, 1.807) is 7.11 Å². The van der Waals surface area contributed by atoms with Gasteiger partial charge in [-0.2, -0.15) is 0 Å². The van der Waals surface area contributed by atoms with Gasteiger partial charge in [0.15, 0.2) is 0 Å². The van der Waals surface area contributed by atoms with Crippen molar-refractivity contribution in [2.75, 3.05) is 13.7 Å². The molecule has 0 amide bonds. The Labute approximate surface area is 127 Å². The van der Waals surface area contributed by atoms with Gasteiger partial charge in [0.1, 0.15) is 17.1 Å². The van der Waals surface area contributed by atoms with Gasteiger partial charge in [0.25, 0.3) is 0 Å². The van der Waals surface area contributed by atoms with Crippen LogP contribution in [-0.4, -0.2) is 19.3 Å². The van der Waals surface area contributed by atoms with Crippen molar-refractivity contribution in [2.24, 2.45) is 11.8 Å². The Balaban J connectivity index is 1.72. The van der Waals surface area contributed by atoms with Crippen LogP contribution >= 0.6 is 0 Å². The third-order valence-electron chi connectivity index (χ3n) is 5.83. The van der Waals surface area contributed by atoms with Gasteiger partial charge >= 0.3 is 0 Å². The predicted molar refractivity (Wildman–Crippen MR) is 82.8 cm³/mol. The fraction of sp³-hybridized carbons (Fsp3) is 0.667. The lowest BCUT2D eigenvalue weighted by Gasteiger charge is -2.45. The van der Waals surface area contributed by atoms with E-state index in [9.17, 15) is 0 Å². The summed E-state index contributed by atoms with van der Waals surface area (Å²) in [6.45, 7) is 3.19. The SMILES string of the molecule is CCNC1CC2(CC3CCC2C3)Oc2cc(OC)ccc21. The first-order valence-electron chi connectivity index (χ1n) is 8.34. The topological polar surface area (TPSA) is 30.5 Å². The van der Waals surface area contributed by atoms with Crippen LogP contribution in [0.1, 0.15) is 50.6 Å². The molecule has 1 spiro atoms. The molecule has 3 aliphatic rings. The van der Waals surface area contributed by atoms with E-state index in [-0.39, 0.29) is 5.60 Å². The minimum absolute atomic E-state index is 0.0785. The molecule has 21 heavy (non-hydrogen) atoms. The summed E-state index contributed by atoms with van der Waals surface area (Å²) in [6.07, 6.45) is 6.51. The monoisotopic (exact) mass is 287 g/mol. The number of hydrogen-bond acceptors (Lipinski definition) is 3. The Hall–Kier alpha value is -1.22. The second-order valence-corrected chi connectivity index (χ2v) is 6.97. The minimum Gasteiger partial charge on any atom is -0.497 e. The lowest BCUT2D eigenvalue weighted by molar-refractivity contribution is -0.0183. The molecule has 3 nitrogen and oxygen atoms in total. The van der Waals surface area contributed by atoms with Crippen molar-refractivity contribution in [3.05, 3.63) is 23.8 Å². The number of nitrogens with one attached hydrogen (secondary N) is 1. The van der Waals surface area contributed by atoms with Crippen LogP contribution in [0.2, 0.25) is 0 Å². The number of ether oxygens (including phenoxy) is 2. The summed E-state index contributed by atoms with van der Waals surface area (Å²) >= 11 is 0. The predicted octanol–water partition coefficient (Wildman–Crippen LogP) is 3.69. The van der Waals surface area contributed by atoms with Crippen LogP contribution in [0.25, 0.3) is 0 Å². The maximum absolute atomic E-state index is 6.61. The molecule has 1 aromatic carbocycles. The highest BCUT2D eigenvalue weighted by Crippen LogP contribution is 2.58. The molecule has 2 fully saturated rings. The second-order valence-electron chi connectivity index (χ2n) is 6.97. The summed E-state index contributed by atoms with van der Waals surface area (Å²) in [5, 5.41) is 3.67. The van der Waals surface area contributed by atoms with E-state index in [1.165, 1.54) is 31.2 Å². The molecule has 0 aromatic heterocycles. The number of hydrogen-bond donors (Lipinski definition) is 1. The zero-order valence-electron chi connectivity index (χ0n) is 13.0. The van der Waals surface area contributed by atoms with E-state index >= 15 is 0 Å². The first-order valence-corrected chi connectivity index (χ1v) is 8.34. The van der Waals surface area contributed by atoms with E-state index < -0.39 is 0 Å². The standard InChI is InChI=1S/C18H25NO2/c1-3-19-16-11-18(10-12-4-5-13(18)8-12)21-17-9-14(20-2)6-7-15(16)17/h6-7,9,12-13,16,19H,3-5,8,10-11H2,1-2H3. The lowest BCUT2D eigenvalue weighted by Crippen LogP contribution is -2.47. The van der Waals surface area contributed by atoms with Crippen molar-refractivity contribution in [1.82, 2.24) is 5.32 Å². The second kappa shape index (κ2) is 4.91. The van der Waals surface area contributed by atoms with E-state index in [2.05, 4.69) is 24.4 Å². The first kappa shape index (κ1) is 13.4. The maximum atomic E-state index is 6.61. The minimum atomic E-state index is 0.0785. The zero-order valence-corrected chi connectivity index (χ0v) is 13.0. The Bertz CT molecular complexity index is 544. The third-order valence-corrected chi connectivity index (χ3v) is 5.83. The summed E-state index contributed by atoms with van der Waals surface area (Å²) in [6, 6.07) is 6.71. The molecular formula is C18H25NO2. The summed E-state index contributed by atoms with van der Waals surface area (Å²) in [5.41, 5.74) is 1.38. The molecule has 1 heterocycles. The average molecular weight is 287 g/mol. The molecule has 4 atom stereocenters. The Morgan fingerprint density at radius 2 is 2.24 bits per heavy atom. The highest BCUT2D eigenvalue weighted by Gasteiger charge is 2.55. The molecule has 3 heteroatoms. The number of methoxy groups -OCH3 is 1. The molecule has 114 valence electrons. The number of benzene rings is 1. The van der Waals surface area contributed by atoms with Gasteiger partial charge in [0.05, 0.1) is 7.11 Å². The van der Waals surface area contributed by atoms with Crippen LogP contribution in [-0.2, 0) is 0 Å². The zero-order chi connectivity index (χ0) is 14.4. The van der Waals surface area contributed by atoms with E-state index in [1.807, 2.05) is 6.07 Å². The van der Waals surface area contributed by atoms with Crippen molar-refractivity contribution >= 4 is 0 Å². The van der Waals surface area contributed by atoms with Gasteiger partial charge in [-0.3, -0.25) is 0 Å². The molecule has 2 aliphatic carbocycles. The quantitative estimate of drug-likeness (QED) is 0.919. The molecule has 2 bridgehead atoms. The average Bonchev–Trinajstić information content (AvgIpc) is 3.07. The summed E-state index contributed by atoms with van der Waals surface area (Å²) in [5.74, 6) is 3.58. The van der Waals surface area contributed by atoms with Crippen LogP contribution in [0.3, 0.4) is 0 Å². The Kier molecular flexibility index (Phi) is 3.14. The van der Waals surface area contributed by atoms with Crippen LogP contribution < -0.4 is 14.8 Å². The lowest BCUT2D eigenvalue weighted by atomic mass is 9.76. The molecule has 2 saturated carbocycles. The van der Waals surface area contributed by atoms with E-state index in [0.717, 1.165) is 36.3 Å². The van der Waals surface area contributed by atoms with Gasteiger partial charge in [-0.1, -0.05) is 13.0 Å². The van der Waals surface area contributed by atoms with Gasteiger partial charge in [-0.05, 0) is 50.1 Å². The molecule has 0 saturated heterocycles.